The van der Waals surface area contributed by atoms with Crippen molar-refractivity contribution in [3.05, 3.63) is 12.8 Å². The van der Waals surface area contributed by atoms with Crippen LogP contribution in [0.1, 0.15) is 40.0 Å². The van der Waals surface area contributed by atoms with Crippen LogP contribution in [0, 0.1) is 0 Å². The molecule has 2 unspecified atom stereocenters. The lowest BCUT2D eigenvalue weighted by Gasteiger charge is -2.24. The molecular formula is C14H27NO4. The van der Waals surface area contributed by atoms with Crippen LogP contribution in [-0.2, 0) is 19.0 Å². The van der Waals surface area contributed by atoms with Gasteiger partial charge < -0.3 is 19.5 Å². The fraction of sp³-hybridized carbons (Fsp3) is 0.786. The quantitative estimate of drug-likeness (QED) is 0.571. The molecule has 0 aromatic rings. The van der Waals surface area contributed by atoms with Gasteiger partial charge in [-0.2, -0.15) is 0 Å². The van der Waals surface area contributed by atoms with Crippen molar-refractivity contribution >= 4 is 5.91 Å². The summed E-state index contributed by atoms with van der Waals surface area (Å²) in [6.45, 7) is 11.0. The van der Waals surface area contributed by atoms with Crippen molar-refractivity contribution in [2.45, 2.75) is 52.4 Å². The summed E-state index contributed by atoms with van der Waals surface area (Å²) in [7, 11) is 0. The minimum absolute atomic E-state index is 0.133. The third-order valence-electron chi connectivity index (χ3n) is 2.54. The van der Waals surface area contributed by atoms with E-state index in [1.54, 1.807) is 0 Å². The highest BCUT2D eigenvalue weighted by Gasteiger charge is 2.18. The van der Waals surface area contributed by atoms with E-state index in [9.17, 15) is 4.79 Å². The lowest BCUT2D eigenvalue weighted by molar-refractivity contribution is -0.138. The van der Waals surface area contributed by atoms with Gasteiger partial charge in [0, 0.05) is 13.0 Å². The number of amides is 1. The predicted molar refractivity (Wildman–Crippen MR) is 74.6 cm³/mol. The van der Waals surface area contributed by atoms with Gasteiger partial charge in [0.2, 0.25) is 5.91 Å². The molecule has 112 valence electrons. The summed E-state index contributed by atoms with van der Waals surface area (Å²) in [5, 5.41) is 2.89. The molecule has 1 heterocycles. The average Bonchev–Trinajstić information content (AvgIpc) is 2.39. The van der Waals surface area contributed by atoms with Crippen LogP contribution >= 0.6 is 0 Å². The van der Waals surface area contributed by atoms with Gasteiger partial charge in [0.15, 0.2) is 6.29 Å². The molecule has 0 saturated carbocycles. The SMILES string of the molecule is C=COCC.CCOC(C)OCC1CCCC(=O)N1. The van der Waals surface area contributed by atoms with Crippen LogP contribution in [-0.4, -0.2) is 38.1 Å². The summed E-state index contributed by atoms with van der Waals surface area (Å²) in [5.74, 6) is 0.133. The van der Waals surface area contributed by atoms with Crippen LogP contribution in [0.4, 0.5) is 0 Å². The first kappa shape index (κ1) is 17.9. The van der Waals surface area contributed by atoms with E-state index in [1.807, 2.05) is 20.8 Å². The van der Waals surface area contributed by atoms with Crippen molar-refractivity contribution < 1.29 is 19.0 Å². The Labute approximate surface area is 116 Å². The number of piperidine rings is 1. The number of nitrogens with one attached hydrogen (secondary N) is 1. The Morgan fingerprint density at radius 1 is 1.42 bits per heavy atom. The Bertz CT molecular complexity index is 246. The first-order valence-corrected chi connectivity index (χ1v) is 6.89. The molecule has 5 nitrogen and oxygen atoms in total. The zero-order chi connectivity index (χ0) is 14.5. The van der Waals surface area contributed by atoms with Crippen LogP contribution in [0.5, 0.6) is 0 Å². The number of carbonyl (C=O) groups is 1. The molecule has 1 rings (SSSR count). The average molecular weight is 273 g/mol. The van der Waals surface area contributed by atoms with Gasteiger partial charge in [0.05, 0.1) is 25.5 Å². The van der Waals surface area contributed by atoms with Crippen molar-refractivity contribution in [1.82, 2.24) is 5.32 Å². The van der Waals surface area contributed by atoms with Gasteiger partial charge in [-0.1, -0.05) is 6.58 Å². The van der Waals surface area contributed by atoms with Gasteiger partial charge in [0.1, 0.15) is 0 Å². The third-order valence-corrected chi connectivity index (χ3v) is 2.54. The van der Waals surface area contributed by atoms with Crippen molar-refractivity contribution in [2.24, 2.45) is 0 Å². The Morgan fingerprint density at radius 3 is 2.63 bits per heavy atom. The molecule has 1 fully saturated rings. The van der Waals surface area contributed by atoms with Crippen LogP contribution < -0.4 is 5.32 Å². The number of hydrogen-bond donors (Lipinski definition) is 1. The third kappa shape index (κ3) is 10.5. The number of carbonyl (C=O) groups excluding carboxylic acids is 1. The maximum absolute atomic E-state index is 11.0. The van der Waals surface area contributed by atoms with Gasteiger partial charge in [-0.3, -0.25) is 4.79 Å². The summed E-state index contributed by atoms with van der Waals surface area (Å²) in [4.78, 5) is 11.0. The summed E-state index contributed by atoms with van der Waals surface area (Å²) in [6, 6.07) is 0.166. The lowest BCUT2D eigenvalue weighted by atomic mass is 10.1. The van der Waals surface area contributed by atoms with Crippen LogP contribution in [0.3, 0.4) is 0 Å². The molecule has 1 aliphatic rings. The molecule has 5 heteroatoms. The molecule has 2 atom stereocenters. The molecule has 1 aliphatic heterocycles. The van der Waals surface area contributed by atoms with E-state index in [0.717, 1.165) is 19.4 Å². The van der Waals surface area contributed by atoms with E-state index in [0.29, 0.717) is 19.6 Å². The maximum Gasteiger partial charge on any atom is 0.220 e. The molecule has 0 aromatic carbocycles. The van der Waals surface area contributed by atoms with E-state index in [4.69, 9.17) is 9.47 Å². The second kappa shape index (κ2) is 12.0. The number of ether oxygens (including phenoxy) is 3. The fourth-order valence-corrected chi connectivity index (χ4v) is 1.66. The summed E-state index contributed by atoms with van der Waals surface area (Å²) in [5.41, 5.74) is 0. The van der Waals surface area contributed by atoms with E-state index in [2.05, 4.69) is 16.6 Å². The van der Waals surface area contributed by atoms with Crippen LogP contribution in [0.2, 0.25) is 0 Å². The van der Waals surface area contributed by atoms with Crippen LogP contribution in [0.15, 0.2) is 12.8 Å². The van der Waals surface area contributed by atoms with E-state index in [1.165, 1.54) is 6.26 Å². The van der Waals surface area contributed by atoms with E-state index in [-0.39, 0.29) is 18.2 Å². The highest BCUT2D eigenvalue weighted by molar-refractivity contribution is 5.76. The van der Waals surface area contributed by atoms with E-state index >= 15 is 0 Å². The zero-order valence-electron chi connectivity index (χ0n) is 12.3. The summed E-state index contributed by atoms with van der Waals surface area (Å²) < 4.78 is 15.3. The minimum Gasteiger partial charge on any atom is -0.502 e. The Balaban J connectivity index is 0.000000555. The molecule has 0 bridgehead atoms. The van der Waals surface area contributed by atoms with Crippen molar-refractivity contribution in [2.75, 3.05) is 19.8 Å². The number of rotatable bonds is 7. The minimum atomic E-state index is -0.182. The Hall–Kier alpha value is -1.07. The first-order valence-electron chi connectivity index (χ1n) is 6.89. The van der Waals surface area contributed by atoms with Gasteiger partial charge in [-0.25, -0.2) is 0 Å². The molecule has 0 aromatic heterocycles. The van der Waals surface area contributed by atoms with Crippen molar-refractivity contribution in [3.63, 3.8) is 0 Å². The number of hydrogen-bond acceptors (Lipinski definition) is 4. The molecule has 1 amide bonds. The maximum atomic E-state index is 11.0. The fourth-order valence-electron chi connectivity index (χ4n) is 1.66. The second-order valence-electron chi connectivity index (χ2n) is 4.13. The second-order valence-corrected chi connectivity index (χ2v) is 4.13. The van der Waals surface area contributed by atoms with Crippen molar-refractivity contribution in [3.8, 4) is 0 Å². The predicted octanol–water partition coefficient (Wildman–Crippen LogP) is 2.22. The summed E-state index contributed by atoms with van der Waals surface area (Å²) in [6.07, 6.45) is 3.86. The topological polar surface area (TPSA) is 56.8 Å². The molecule has 1 saturated heterocycles. The molecule has 0 aliphatic carbocycles. The Kier molecular flexibility index (Phi) is 11.3. The van der Waals surface area contributed by atoms with Gasteiger partial charge >= 0.3 is 0 Å². The molecular weight excluding hydrogens is 246 g/mol. The smallest absolute Gasteiger partial charge is 0.220 e. The normalized spacial score (nSPS) is 19.7. The largest absolute Gasteiger partial charge is 0.502 e. The van der Waals surface area contributed by atoms with Gasteiger partial charge in [-0.05, 0) is 33.6 Å². The van der Waals surface area contributed by atoms with Crippen LogP contribution in [0.25, 0.3) is 0 Å². The standard InChI is InChI=1S/C10H19NO3.C4H8O/c1-3-13-8(2)14-7-9-5-4-6-10(12)11-9;1-3-5-4-2/h8-9H,3-7H2,1-2H3,(H,11,12);3H,1,4H2,2H3. The molecule has 19 heavy (non-hydrogen) atoms. The van der Waals surface area contributed by atoms with Crippen molar-refractivity contribution in [1.29, 1.82) is 0 Å². The molecule has 0 radical (unpaired) electrons. The van der Waals surface area contributed by atoms with Gasteiger partial charge in [0.25, 0.3) is 0 Å². The monoisotopic (exact) mass is 273 g/mol. The summed E-state index contributed by atoms with van der Waals surface area (Å²) >= 11 is 0. The lowest BCUT2D eigenvalue weighted by Crippen LogP contribution is -2.42. The molecule has 0 spiro atoms. The first-order chi connectivity index (χ1) is 9.13. The van der Waals surface area contributed by atoms with E-state index < -0.39 is 0 Å². The zero-order valence-corrected chi connectivity index (χ0v) is 12.3. The highest BCUT2D eigenvalue weighted by atomic mass is 16.7. The Morgan fingerprint density at radius 2 is 2.16 bits per heavy atom. The molecule has 1 N–H and O–H groups in total. The van der Waals surface area contributed by atoms with Gasteiger partial charge in [-0.15, -0.1) is 0 Å². The highest BCUT2D eigenvalue weighted by Crippen LogP contribution is 2.09.